The van der Waals surface area contributed by atoms with Crippen molar-refractivity contribution >= 4 is 50.6 Å². The van der Waals surface area contributed by atoms with E-state index in [2.05, 4.69) is 204 Å². The van der Waals surface area contributed by atoms with Gasteiger partial charge in [-0.15, -0.1) is 0 Å². The molecule has 0 aliphatic carbocycles. The second kappa shape index (κ2) is 11.4. The molecule has 0 N–H and O–H groups in total. The summed E-state index contributed by atoms with van der Waals surface area (Å²) < 4.78 is 2.51. The van der Waals surface area contributed by atoms with Crippen molar-refractivity contribution in [1.29, 1.82) is 0 Å². The Balaban J connectivity index is 1.23. The lowest BCUT2D eigenvalue weighted by atomic mass is 9.62. The van der Waals surface area contributed by atoms with Crippen molar-refractivity contribution in [1.82, 2.24) is 4.57 Å². The van der Waals surface area contributed by atoms with Gasteiger partial charge in [-0.3, -0.25) is 0 Å². The van der Waals surface area contributed by atoms with Crippen LogP contribution in [0.5, 0.6) is 0 Å². The number of aromatic nitrogens is 1. The van der Waals surface area contributed by atoms with Gasteiger partial charge in [0.05, 0.1) is 27.8 Å². The average Bonchev–Trinajstić information content (AvgIpc) is 3.56. The van der Waals surface area contributed by atoms with Crippen molar-refractivity contribution in [3.8, 4) is 16.8 Å². The molecular formula is C49H32N2S. The third-order valence-electron chi connectivity index (χ3n) is 11.0. The number of nitrogens with zero attached hydrogens (tertiary/aromatic N) is 2. The summed E-state index contributed by atoms with van der Waals surface area (Å²) in [6.45, 7) is 0. The molecule has 1 atom stereocenters. The van der Waals surface area contributed by atoms with Crippen LogP contribution < -0.4 is 4.90 Å². The highest BCUT2D eigenvalue weighted by atomic mass is 32.2. The average molecular weight is 681 g/mol. The maximum Gasteiger partial charge on any atom is 0.0765 e. The lowest BCUT2D eigenvalue weighted by Crippen LogP contribution is -2.38. The summed E-state index contributed by atoms with van der Waals surface area (Å²) >= 11 is 1.90. The zero-order valence-electron chi connectivity index (χ0n) is 28.3. The molecule has 0 fully saturated rings. The van der Waals surface area contributed by atoms with Crippen LogP contribution in [0.15, 0.2) is 204 Å². The van der Waals surface area contributed by atoms with E-state index in [1.165, 1.54) is 76.4 Å². The number of fused-ring (bicyclic) bond motifs is 11. The first-order chi connectivity index (χ1) is 25.8. The number of rotatable bonds is 4. The Kier molecular flexibility index (Phi) is 6.43. The predicted molar refractivity (Wildman–Crippen MR) is 217 cm³/mol. The van der Waals surface area contributed by atoms with Crippen LogP contribution in [0, 0.1) is 0 Å². The van der Waals surface area contributed by atoms with Crippen LogP contribution in [0.2, 0.25) is 0 Å². The molecule has 2 aliphatic rings. The molecule has 52 heavy (non-hydrogen) atoms. The van der Waals surface area contributed by atoms with Gasteiger partial charge in [-0.05, 0) is 81.9 Å². The summed E-state index contributed by atoms with van der Waals surface area (Å²) in [4.78, 5) is 4.99. The normalized spacial score (nSPS) is 15.3. The monoisotopic (exact) mass is 680 g/mol. The highest BCUT2D eigenvalue weighted by Gasteiger charge is 2.50. The Morgan fingerprint density at radius 2 is 1.02 bits per heavy atom. The Morgan fingerprint density at radius 3 is 1.87 bits per heavy atom. The van der Waals surface area contributed by atoms with E-state index in [9.17, 15) is 0 Å². The molecule has 1 spiro atoms. The van der Waals surface area contributed by atoms with Crippen molar-refractivity contribution in [2.24, 2.45) is 0 Å². The standard InChI is InChI=1S/C49H32N2S/c1-3-15-33(16-4-1)34-29-31-36(32-30-34)50(35-17-5-2-6-18-35)45-27-14-24-42-48(45)52-46-28-12-9-22-40(46)49(42)39-21-8-11-26-44(39)51-43-25-10-7-19-37(43)38-20-13-23-41(49)47(38)51/h1-32H. The Morgan fingerprint density at radius 1 is 0.423 bits per heavy atom. The van der Waals surface area contributed by atoms with Crippen LogP contribution in [0.25, 0.3) is 38.6 Å². The molecule has 1 aromatic heterocycles. The van der Waals surface area contributed by atoms with E-state index in [4.69, 9.17) is 0 Å². The molecule has 2 nitrogen and oxygen atoms in total. The number of benzene rings is 8. The molecular weight excluding hydrogens is 649 g/mol. The van der Waals surface area contributed by atoms with E-state index in [0.29, 0.717) is 0 Å². The largest absolute Gasteiger partial charge is 0.309 e. The van der Waals surface area contributed by atoms with Gasteiger partial charge in [-0.25, -0.2) is 0 Å². The zero-order chi connectivity index (χ0) is 34.2. The highest BCUT2D eigenvalue weighted by Crippen LogP contribution is 2.62. The summed E-state index contributed by atoms with van der Waals surface area (Å²) in [5.74, 6) is 0. The van der Waals surface area contributed by atoms with Gasteiger partial charge in [0.15, 0.2) is 0 Å². The van der Waals surface area contributed by atoms with Crippen molar-refractivity contribution in [3.63, 3.8) is 0 Å². The fourth-order valence-electron chi connectivity index (χ4n) is 8.94. The van der Waals surface area contributed by atoms with E-state index in [1.54, 1.807) is 0 Å². The molecule has 244 valence electrons. The summed E-state index contributed by atoms with van der Waals surface area (Å²) in [7, 11) is 0. The molecule has 8 aromatic carbocycles. The van der Waals surface area contributed by atoms with Gasteiger partial charge in [0.2, 0.25) is 0 Å². The van der Waals surface area contributed by atoms with E-state index >= 15 is 0 Å². The molecule has 3 heteroatoms. The Bertz CT molecular complexity index is 2820. The quantitative estimate of drug-likeness (QED) is 0.183. The maximum atomic E-state index is 2.51. The molecule has 11 rings (SSSR count). The van der Waals surface area contributed by atoms with E-state index < -0.39 is 5.41 Å². The van der Waals surface area contributed by atoms with Gasteiger partial charge in [0.1, 0.15) is 0 Å². The smallest absolute Gasteiger partial charge is 0.0765 e. The molecule has 0 bridgehead atoms. The van der Waals surface area contributed by atoms with Gasteiger partial charge in [-0.1, -0.05) is 157 Å². The van der Waals surface area contributed by atoms with Crippen molar-refractivity contribution in [2.45, 2.75) is 15.2 Å². The Labute approximate surface area is 307 Å². The van der Waals surface area contributed by atoms with Gasteiger partial charge < -0.3 is 9.47 Å². The van der Waals surface area contributed by atoms with Crippen LogP contribution in [-0.2, 0) is 5.41 Å². The first-order valence-electron chi connectivity index (χ1n) is 17.9. The van der Waals surface area contributed by atoms with E-state index in [1.807, 2.05) is 11.8 Å². The summed E-state index contributed by atoms with van der Waals surface area (Å²) in [6.07, 6.45) is 0. The minimum atomic E-state index is -0.535. The maximum absolute atomic E-state index is 2.51. The molecule has 2 aliphatic heterocycles. The van der Waals surface area contributed by atoms with Crippen molar-refractivity contribution in [2.75, 3.05) is 4.90 Å². The first kappa shape index (κ1) is 29.4. The summed E-state index contributed by atoms with van der Waals surface area (Å²) in [6, 6.07) is 71.4. The second-order valence-electron chi connectivity index (χ2n) is 13.7. The summed E-state index contributed by atoms with van der Waals surface area (Å²) in [5.41, 5.74) is 14.4. The first-order valence-corrected chi connectivity index (χ1v) is 18.7. The van der Waals surface area contributed by atoms with Crippen LogP contribution in [0.4, 0.5) is 17.1 Å². The van der Waals surface area contributed by atoms with Crippen LogP contribution in [0.3, 0.4) is 0 Å². The minimum absolute atomic E-state index is 0.535. The molecule has 0 radical (unpaired) electrons. The number of hydrogen-bond acceptors (Lipinski definition) is 2. The molecule has 0 saturated heterocycles. The molecule has 3 heterocycles. The lowest BCUT2D eigenvalue weighted by Gasteiger charge is -2.46. The molecule has 0 saturated carbocycles. The molecule has 1 unspecified atom stereocenters. The van der Waals surface area contributed by atoms with Crippen LogP contribution in [-0.4, -0.2) is 4.57 Å². The highest BCUT2D eigenvalue weighted by molar-refractivity contribution is 7.99. The predicted octanol–water partition coefficient (Wildman–Crippen LogP) is 13.1. The van der Waals surface area contributed by atoms with E-state index in [-0.39, 0.29) is 0 Å². The zero-order valence-corrected chi connectivity index (χ0v) is 29.1. The van der Waals surface area contributed by atoms with E-state index in [0.717, 1.165) is 11.4 Å². The Hall–Kier alpha value is -6.29. The second-order valence-corrected chi connectivity index (χ2v) is 14.7. The van der Waals surface area contributed by atoms with Crippen molar-refractivity contribution in [3.05, 3.63) is 216 Å². The topological polar surface area (TPSA) is 8.17 Å². The van der Waals surface area contributed by atoms with Gasteiger partial charge in [0, 0.05) is 31.9 Å². The SMILES string of the molecule is c1ccc(-c2ccc(N(c3ccccc3)c3cccc4c3Sc3ccccc3C43c4ccccc4-n4c5ccccc5c5cccc3c54)cc2)cc1. The number of anilines is 3. The fourth-order valence-corrected chi connectivity index (χ4v) is 10.2. The molecule has 0 amide bonds. The fraction of sp³-hybridized carbons (Fsp3) is 0.0204. The molecule has 9 aromatic rings. The van der Waals surface area contributed by atoms with Gasteiger partial charge >= 0.3 is 0 Å². The lowest BCUT2D eigenvalue weighted by molar-refractivity contribution is 0.689. The number of para-hydroxylation sites is 4. The van der Waals surface area contributed by atoms with Crippen LogP contribution in [0.1, 0.15) is 22.3 Å². The van der Waals surface area contributed by atoms with Gasteiger partial charge in [0.25, 0.3) is 0 Å². The van der Waals surface area contributed by atoms with Crippen LogP contribution >= 0.6 is 11.8 Å². The minimum Gasteiger partial charge on any atom is -0.309 e. The summed E-state index contributed by atoms with van der Waals surface area (Å²) in [5, 5.41) is 2.58. The van der Waals surface area contributed by atoms with Gasteiger partial charge in [-0.2, -0.15) is 0 Å². The third kappa shape index (κ3) is 4.03. The third-order valence-corrected chi connectivity index (χ3v) is 12.2. The number of hydrogen-bond donors (Lipinski definition) is 0. The van der Waals surface area contributed by atoms with Crippen molar-refractivity contribution < 1.29 is 0 Å².